The van der Waals surface area contributed by atoms with Gasteiger partial charge >= 0.3 is 0 Å². The zero-order chi connectivity index (χ0) is 7.84. The monoisotopic (exact) mass is 147 g/mol. The first-order valence-electron chi connectivity index (χ1n) is 3.45. The van der Waals surface area contributed by atoms with Crippen molar-refractivity contribution in [3.8, 4) is 0 Å². The van der Waals surface area contributed by atoms with E-state index < -0.39 is 0 Å². The molecule has 2 aromatic rings. The van der Waals surface area contributed by atoms with E-state index in [1.54, 1.807) is 6.20 Å². The molecule has 0 radical (unpaired) electrons. The van der Waals surface area contributed by atoms with Crippen molar-refractivity contribution in [2.45, 2.75) is 0 Å². The summed E-state index contributed by atoms with van der Waals surface area (Å²) in [6.45, 7) is 0. The minimum Gasteiger partial charge on any atom is -0.385 e. The van der Waals surface area contributed by atoms with Crippen LogP contribution in [-0.4, -0.2) is 9.55 Å². The number of hydrogen-bond acceptors (Lipinski definition) is 2. The fourth-order valence-electron chi connectivity index (χ4n) is 1.18. The summed E-state index contributed by atoms with van der Waals surface area (Å²) in [5.41, 5.74) is 6.61. The Bertz CT molecular complexity index is 389. The minimum absolute atomic E-state index is 0.749. The normalized spacial score (nSPS) is 10.6. The van der Waals surface area contributed by atoms with Crippen molar-refractivity contribution in [3.63, 3.8) is 0 Å². The number of nitrogens with two attached hydrogens (primary N) is 1. The van der Waals surface area contributed by atoms with Crippen LogP contribution < -0.4 is 5.73 Å². The van der Waals surface area contributed by atoms with E-state index in [2.05, 4.69) is 4.98 Å². The number of nitrogen functional groups attached to an aromatic ring is 1. The molecule has 0 fully saturated rings. The fraction of sp³-hybridized carbons (Fsp3) is 0.125. The standard InChI is InChI=1S/C8H9N3/c1-11-7(9)5-6-3-2-4-10-8(6)11/h2-5H,9H2,1H3. The molecule has 0 atom stereocenters. The van der Waals surface area contributed by atoms with E-state index in [1.165, 1.54) is 0 Å². The smallest absolute Gasteiger partial charge is 0.141 e. The molecule has 2 N–H and O–H groups in total. The minimum atomic E-state index is 0.749. The fourth-order valence-corrected chi connectivity index (χ4v) is 1.18. The van der Waals surface area contributed by atoms with Gasteiger partial charge in [0.05, 0.1) is 0 Å². The largest absolute Gasteiger partial charge is 0.385 e. The predicted molar refractivity (Wildman–Crippen MR) is 45.1 cm³/mol. The lowest BCUT2D eigenvalue weighted by molar-refractivity contribution is 0.961. The number of aryl methyl sites for hydroxylation is 1. The van der Waals surface area contributed by atoms with Crippen LogP contribution in [0.15, 0.2) is 24.4 Å². The molecule has 2 heterocycles. The van der Waals surface area contributed by atoms with E-state index in [-0.39, 0.29) is 0 Å². The first-order valence-corrected chi connectivity index (χ1v) is 3.45. The first-order chi connectivity index (χ1) is 5.29. The van der Waals surface area contributed by atoms with Gasteiger partial charge in [-0.1, -0.05) is 0 Å². The highest BCUT2D eigenvalue weighted by Crippen LogP contribution is 2.16. The zero-order valence-electron chi connectivity index (χ0n) is 6.28. The molecule has 2 rings (SSSR count). The lowest BCUT2D eigenvalue weighted by Crippen LogP contribution is -1.95. The molecule has 0 aliphatic carbocycles. The summed E-state index contributed by atoms with van der Waals surface area (Å²) >= 11 is 0. The maximum atomic E-state index is 5.68. The number of anilines is 1. The average Bonchev–Trinajstić information content (AvgIpc) is 2.30. The lowest BCUT2D eigenvalue weighted by Gasteiger charge is -1.94. The van der Waals surface area contributed by atoms with Crippen molar-refractivity contribution in [2.75, 3.05) is 5.73 Å². The summed E-state index contributed by atoms with van der Waals surface area (Å²) in [5, 5.41) is 1.09. The Kier molecular flexibility index (Phi) is 1.12. The van der Waals surface area contributed by atoms with E-state index in [0.29, 0.717) is 0 Å². The summed E-state index contributed by atoms with van der Waals surface area (Å²) in [7, 11) is 1.91. The molecular formula is C8H9N3. The van der Waals surface area contributed by atoms with Crippen LogP contribution in [0.4, 0.5) is 5.82 Å². The molecule has 0 aliphatic rings. The van der Waals surface area contributed by atoms with E-state index in [9.17, 15) is 0 Å². The van der Waals surface area contributed by atoms with Crippen molar-refractivity contribution in [3.05, 3.63) is 24.4 Å². The second-order valence-electron chi connectivity index (χ2n) is 2.54. The molecule has 0 saturated heterocycles. The number of aromatic nitrogens is 2. The Morgan fingerprint density at radius 2 is 2.36 bits per heavy atom. The van der Waals surface area contributed by atoms with Gasteiger partial charge in [0.1, 0.15) is 11.5 Å². The van der Waals surface area contributed by atoms with Crippen LogP contribution in [0, 0.1) is 0 Å². The molecule has 0 amide bonds. The van der Waals surface area contributed by atoms with Gasteiger partial charge in [0.15, 0.2) is 0 Å². The number of hydrogen-bond donors (Lipinski definition) is 1. The summed E-state index contributed by atoms with van der Waals surface area (Å²) in [5.74, 6) is 0.749. The summed E-state index contributed by atoms with van der Waals surface area (Å²) in [4.78, 5) is 4.18. The van der Waals surface area contributed by atoms with Crippen LogP contribution in [-0.2, 0) is 7.05 Å². The third-order valence-corrected chi connectivity index (χ3v) is 1.83. The molecule has 0 spiro atoms. The van der Waals surface area contributed by atoms with Crippen LogP contribution in [0.25, 0.3) is 11.0 Å². The molecule has 2 aromatic heterocycles. The van der Waals surface area contributed by atoms with Gasteiger partial charge in [0, 0.05) is 18.6 Å². The van der Waals surface area contributed by atoms with Crippen LogP contribution in [0.2, 0.25) is 0 Å². The highest BCUT2D eigenvalue weighted by molar-refractivity contribution is 5.80. The second-order valence-corrected chi connectivity index (χ2v) is 2.54. The molecule has 3 nitrogen and oxygen atoms in total. The van der Waals surface area contributed by atoms with Gasteiger partial charge in [0.25, 0.3) is 0 Å². The van der Waals surface area contributed by atoms with Crippen molar-refractivity contribution in [1.29, 1.82) is 0 Å². The highest BCUT2D eigenvalue weighted by atomic mass is 15.1. The van der Waals surface area contributed by atoms with Crippen LogP contribution in [0.3, 0.4) is 0 Å². The van der Waals surface area contributed by atoms with Gasteiger partial charge in [-0.05, 0) is 18.2 Å². The van der Waals surface area contributed by atoms with Crippen molar-refractivity contribution in [2.24, 2.45) is 7.05 Å². The number of rotatable bonds is 0. The maximum absolute atomic E-state index is 5.68. The molecule has 0 saturated carbocycles. The molecule has 0 unspecified atom stereocenters. The van der Waals surface area contributed by atoms with Gasteiger partial charge in [-0.2, -0.15) is 0 Å². The molecular weight excluding hydrogens is 138 g/mol. The SMILES string of the molecule is Cn1c(N)cc2cccnc21. The van der Waals surface area contributed by atoms with Crippen LogP contribution in [0.1, 0.15) is 0 Å². The Morgan fingerprint density at radius 3 is 3.09 bits per heavy atom. The van der Waals surface area contributed by atoms with Crippen molar-refractivity contribution >= 4 is 16.9 Å². The summed E-state index contributed by atoms with van der Waals surface area (Å²) < 4.78 is 1.87. The van der Waals surface area contributed by atoms with E-state index in [1.807, 2.05) is 29.8 Å². The van der Waals surface area contributed by atoms with Gasteiger partial charge < -0.3 is 10.3 Å². The first kappa shape index (κ1) is 6.22. The predicted octanol–water partition coefficient (Wildman–Crippen LogP) is 1.16. The Hall–Kier alpha value is -1.51. The van der Waals surface area contributed by atoms with Crippen LogP contribution >= 0.6 is 0 Å². The maximum Gasteiger partial charge on any atom is 0.141 e. The number of nitrogens with zero attached hydrogens (tertiary/aromatic N) is 2. The topological polar surface area (TPSA) is 43.8 Å². The molecule has 56 valence electrons. The molecule has 0 bridgehead atoms. The van der Waals surface area contributed by atoms with Crippen LogP contribution in [0.5, 0.6) is 0 Å². The third kappa shape index (κ3) is 0.774. The summed E-state index contributed by atoms with van der Waals surface area (Å²) in [6.07, 6.45) is 1.77. The highest BCUT2D eigenvalue weighted by Gasteiger charge is 2.00. The Labute approximate surface area is 64.5 Å². The molecule has 11 heavy (non-hydrogen) atoms. The summed E-state index contributed by atoms with van der Waals surface area (Å²) in [6, 6.07) is 5.82. The average molecular weight is 147 g/mol. The van der Waals surface area contributed by atoms with E-state index in [0.717, 1.165) is 16.9 Å². The van der Waals surface area contributed by atoms with Crippen molar-refractivity contribution in [1.82, 2.24) is 9.55 Å². The third-order valence-electron chi connectivity index (χ3n) is 1.83. The van der Waals surface area contributed by atoms with Crippen molar-refractivity contribution < 1.29 is 0 Å². The number of pyridine rings is 1. The van der Waals surface area contributed by atoms with Gasteiger partial charge in [-0.15, -0.1) is 0 Å². The van der Waals surface area contributed by atoms with E-state index >= 15 is 0 Å². The Balaban J connectivity index is 2.92. The van der Waals surface area contributed by atoms with Gasteiger partial charge in [-0.3, -0.25) is 0 Å². The zero-order valence-corrected chi connectivity index (χ0v) is 6.28. The number of fused-ring (bicyclic) bond motifs is 1. The molecule has 0 aromatic carbocycles. The lowest BCUT2D eigenvalue weighted by atomic mass is 10.3. The van der Waals surface area contributed by atoms with Gasteiger partial charge in [-0.25, -0.2) is 4.98 Å². The van der Waals surface area contributed by atoms with E-state index in [4.69, 9.17) is 5.73 Å². The Morgan fingerprint density at radius 1 is 1.55 bits per heavy atom. The molecule has 3 heteroatoms. The molecule has 0 aliphatic heterocycles. The van der Waals surface area contributed by atoms with Gasteiger partial charge in [0.2, 0.25) is 0 Å². The quantitative estimate of drug-likeness (QED) is 0.607. The second kappa shape index (κ2) is 1.99.